The lowest BCUT2D eigenvalue weighted by Gasteiger charge is -2.21. The number of carbonyl (C=O) groups excluding carboxylic acids is 3. The summed E-state index contributed by atoms with van der Waals surface area (Å²) >= 11 is 0. The molecule has 2 heterocycles. The van der Waals surface area contributed by atoms with Gasteiger partial charge in [-0.15, -0.1) is 0 Å². The maximum atomic E-state index is 13.3. The van der Waals surface area contributed by atoms with Crippen molar-refractivity contribution in [2.24, 2.45) is 0 Å². The van der Waals surface area contributed by atoms with Gasteiger partial charge < -0.3 is 15.1 Å². The van der Waals surface area contributed by atoms with Crippen LogP contribution in [0, 0.1) is 6.92 Å². The number of aryl methyl sites for hydroxylation is 2. The average Bonchev–Trinajstić information content (AvgIpc) is 3.17. The first-order chi connectivity index (χ1) is 15.8. The Morgan fingerprint density at radius 3 is 2.67 bits per heavy atom. The molecule has 0 spiro atoms. The van der Waals surface area contributed by atoms with Crippen LogP contribution in [0.2, 0.25) is 0 Å². The number of hydrogen-bond acceptors (Lipinski definition) is 4. The summed E-state index contributed by atoms with van der Waals surface area (Å²) in [7, 11) is 0. The normalized spacial score (nSPS) is 14.4. The molecule has 0 saturated heterocycles. The Morgan fingerprint density at radius 2 is 1.97 bits per heavy atom. The van der Waals surface area contributed by atoms with Crippen molar-refractivity contribution in [3.8, 4) is 0 Å². The molecule has 1 atom stereocenters. The van der Waals surface area contributed by atoms with Gasteiger partial charge in [0.15, 0.2) is 5.69 Å². The van der Waals surface area contributed by atoms with Crippen LogP contribution in [0.5, 0.6) is 0 Å². The lowest BCUT2D eigenvalue weighted by molar-refractivity contribution is -0.121. The molecule has 1 aromatic carbocycles. The van der Waals surface area contributed by atoms with Crippen molar-refractivity contribution in [2.45, 2.75) is 66.1 Å². The lowest BCUT2D eigenvalue weighted by atomic mass is 10.1. The van der Waals surface area contributed by atoms with Gasteiger partial charge in [-0.25, -0.2) is 0 Å². The summed E-state index contributed by atoms with van der Waals surface area (Å²) < 4.78 is 1.65. The third-order valence-electron chi connectivity index (χ3n) is 6.22. The lowest BCUT2D eigenvalue weighted by Crippen LogP contribution is -2.37. The molecule has 0 fully saturated rings. The zero-order chi connectivity index (χ0) is 24.0. The van der Waals surface area contributed by atoms with Crippen molar-refractivity contribution in [3.63, 3.8) is 0 Å². The second-order valence-electron chi connectivity index (χ2n) is 8.66. The van der Waals surface area contributed by atoms with E-state index in [4.69, 9.17) is 0 Å². The van der Waals surface area contributed by atoms with E-state index in [-0.39, 0.29) is 35.9 Å². The second-order valence-corrected chi connectivity index (χ2v) is 8.66. The second kappa shape index (κ2) is 11.1. The Kier molecular flexibility index (Phi) is 8.25. The number of nitrogens with zero attached hydrogens (tertiary/aromatic N) is 4. The minimum absolute atomic E-state index is 0.0711. The Labute approximate surface area is 195 Å². The van der Waals surface area contributed by atoms with Crippen LogP contribution < -0.4 is 5.32 Å². The molecule has 1 aliphatic heterocycles. The topological polar surface area (TPSA) is 87.5 Å². The van der Waals surface area contributed by atoms with E-state index >= 15 is 0 Å². The highest BCUT2D eigenvalue weighted by Gasteiger charge is 2.28. The van der Waals surface area contributed by atoms with E-state index in [0.29, 0.717) is 38.4 Å². The number of carbonyl (C=O) groups is 3. The zero-order valence-corrected chi connectivity index (χ0v) is 20.1. The van der Waals surface area contributed by atoms with Gasteiger partial charge in [0.25, 0.3) is 11.8 Å². The molecule has 1 aliphatic rings. The first kappa shape index (κ1) is 24.5. The molecular formula is C25H35N5O3. The highest BCUT2D eigenvalue weighted by atomic mass is 16.2. The van der Waals surface area contributed by atoms with Crippen molar-refractivity contribution in [1.29, 1.82) is 0 Å². The van der Waals surface area contributed by atoms with E-state index in [1.165, 1.54) is 0 Å². The molecule has 1 N–H and O–H groups in total. The van der Waals surface area contributed by atoms with Crippen molar-refractivity contribution in [1.82, 2.24) is 24.9 Å². The van der Waals surface area contributed by atoms with Gasteiger partial charge in [0, 0.05) is 51.3 Å². The van der Waals surface area contributed by atoms with Gasteiger partial charge in [-0.3, -0.25) is 19.1 Å². The van der Waals surface area contributed by atoms with E-state index in [0.717, 1.165) is 24.0 Å². The molecule has 3 rings (SSSR count). The van der Waals surface area contributed by atoms with Crippen LogP contribution in [0.4, 0.5) is 0 Å². The number of fused-ring (bicyclic) bond motifs is 1. The smallest absolute Gasteiger partial charge is 0.274 e. The Balaban J connectivity index is 1.70. The fourth-order valence-corrected chi connectivity index (χ4v) is 3.93. The largest absolute Gasteiger partial charge is 0.354 e. The predicted molar refractivity (Wildman–Crippen MR) is 127 cm³/mol. The first-order valence-corrected chi connectivity index (χ1v) is 11.8. The maximum Gasteiger partial charge on any atom is 0.274 e. The number of nitrogens with one attached hydrogen (secondary N) is 1. The van der Waals surface area contributed by atoms with Gasteiger partial charge in [0.05, 0.1) is 0 Å². The summed E-state index contributed by atoms with van der Waals surface area (Å²) in [5.74, 6) is -0.441. The summed E-state index contributed by atoms with van der Waals surface area (Å²) in [4.78, 5) is 41.9. The van der Waals surface area contributed by atoms with Crippen molar-refractivity contribution >= 4 is 17.7 Å². The zero-order valence-electron chi connectivity index (χ0n) is 20.1. The van der Waals surface area contributed by atoms with Crippen LogP contribution >= 0.6 is 0 Å². The molecule has 0 aliphatic carbocycles. The van der Waals surface area contributed by atoms with Crippen molar-refractivity contribution in [2.75, 3.05) is 19.6 Å². The molecule has 0 bridgehead atoms. The predicted octanol–water partition coefficient (Wildman–Crippen LogP) is 3.00. The molecule has 8 heteroatoms. The molecule has 0 radical (unpaired) electrons. The van der Waals surface area contributed by atoms with Crippen molar-refractivity contribution < 1.29 is 14.4 Å². The fourth-order valence-electron chi connectivity index (χ4n) is 3.93. The van der Waals surface area contributed by atoms with Gasteiger partial charge in [-0.1, -0.05) is 31.2 Å². The summed E-state index contributed by atoms with van der Waals surface area (Å²) in [6.45, 7) is 10.4. The molecule has 33 heavy (non-hydrogen) atoms. The number of rotatable bonds is 9. The molecule has 178 valence electrons. The standard InChI is InChI=1S/C25H35N5O3/c1-5-19(4)26-23(31)12-15-28(6-2)24(32)21-16-22-25(33)29(13-9-14-30(22)27-21)17-20-11-8-7-10-18(20)3/h7-8,10-11,16,19H,5-6,9,12-15,17H2,1-4H3,(H,26,31)/t19-/m1/s1. The molecule has 2 aromatic rings. The van der Waals surface area contributed by atoms with Crippen molar-refractivity contribution in [3.05, 3.63) is 52.8 Å². The van der Waals surface area contributed by atoms with E-state index in [2.05, 4.69) is 10.4 Å². The third kappa shape index (κ3) is 6.00. The van der Waals surface area contributed by atoms with Crippen LogP contribution in [0.25, 0.3) is 0 Å². The maximum absolute atomic E-state index is 13.3. The van der Waals surface area contributed by atoms with E-state index < -0.39 is 0 Å². The Hall–Kier alpha value is -3.16. The molecule has 0 saturated carbocycles. The van der Waals surface area contributed by atoms with Gasteiger partial charge >= 0.3 is 0 Å². The SMILES string of the molecule is CC[C@@H](C)NC(=O)CCN(CC)C(=O)c1cc2n(n1)CCCN(Cc1ccccc1C)C2=O. The van der Waals surface area contributed by atoms with Gasteiger partial charge in [0.2, 0.25) is 5.91 Å². The molecule has 3 amide bonds. The summed E-state index contributed by atoms with van der Waals surface area (Å²) in [6.07, 6.45) is 1.87. The molecule has 1 aromatic heterocycles. The van der Waals surface area contributed by atoms with Crippen LogP contribution in [-0.2, 0) is 17.9 Å². The third-order valence-corrected chi connectivity index (χ3v) is 6.22. The fraction of sp³-hybridized carbons (Fsp3) is 0.520. The highest BCUT2D eigenvalue weighted by Crippen LogP contribution is 2.19. The summed E-state index contributed by atoms with van der Waals surface area (Å²) in [5.41, 5.74) is 2.95. The van der Waals surface area contributed by atoms with Crippen LogP contribution in [-0.4, -0.2) is 63.0 Å². The number of benzene rings is 1. The number of amides is 3. The van der Waals surface area contributed by atoms with Crippen LogP contribution in [0.1, 0.15) is 72.1 Å². The molecular weight excluding hydrogens is 418 g/mol. The first-order valence-electron chi connectivity index (χ1n) is 11.8. The van der Waals surface area contributed by atoms with E-state index in [9.17, 15) is 14.4 Å². The summed E-state index contributed by atoms with van der Waals surface area (Å²) in [6, 6.07) is 9.76. The number of aromatic nitrogens is 2. The van der Waals surface area contributed by atoms with Gasteiger partial charge in [0.1, 0.15) is 5.69 Å². The number of hydrogen-bond donors (Lipinski definition) is 1. The van der Waals surface area contributed by atoms with E-state index in [1.54, 1.807) is 15.6 Å². The molecule has 8 nitrogen and oxygen atoms in total. The monoisotopic (exact) mass is 453 g/mol. The quantitative estimate of drug-likeness (QED) is 0.632. The van der Waals surface area contributed by atoms with Crippen LogP contribution in [0.3, 0.4) is 0 Å². The Bertz CT molecular complexity index is 1000. The average molecular weight is 454 g/mol. The van der Waals surface area contributed by atoms with Gasteiger partial charge in [-0.2, -0.15) is 5.10 Å². The Morgan fingerprint density at radius 1 is 1.21 bits per heavy atom. The van der Waals surface area contributed by atoms with E-state index in [1.807, 2.05) is 56.9 Å². The van der Waals surface area contributed by atoms with Gasteiger partial charge in [-0.05, 0) is 44.7 Å². The molecule has 0 unspecified atom stereocenters. The highest BCUT2D eigenvalue weighted by molar-refractivity contribution is 5.98. The summed E-state index contributed by atoms with van der Waals surface area (Å²) in [5, 5.41) is 7.38. The minimum atomic E-state index is -0.257. The van der Waals surface area contributed by atoms with Crippen LogP contribution in [0.15, 0.2) is 30.3 Å². The minimum Gasteiger partial charge on any atom is -0.354 e.